The first kappa shape index (κ1) is 36.2. The van der Waals surface area contributed by atoms with Gasteiger partial charge in [0.05, 0.1) is 30.4 Å². The Kier molecular flexibility index (Phi) is 13.2. The number of fused-ring (bicyclic) bond motifs is 1. The average molecular weight is 664 g/mol. The molecule has 12 heteroatoms. The number of aliphatic hydroxyl groups is 1. The number of nitrogens with one attached hydrogen (secondary N) is 3. The summed E-state index contributed by atoms with van der Waals surface area (Å²) < 4.78 is 25.9. The van der Waals surface area contributed by atoms with Gasteiger partial charge < -0.3 is 40.3 Å². The van der Waals surface area contributed by atoms with E-state index in [-0.39, 0.29) is 49.2 Å². The molecule has 1 aliphatic rings. The zero-order chi connectivity index (χ0) is 34.6. The van der Waals surface area contributed by atoms with Gasteiger partial charge in [0.1, 0.15) is 11.6 Å². The molecule has 0 bridgehead atoms. The molecule has 258 valence electrons. The van der Waals surface area contributed by atoms with Crippen LogP contribution in [0.5, 0.6) is 5.75 Å². The van der Waals surface area contributed by atoms with Gasteiger partial charge >= 0.3 is 12.1 Å². The standard InChI is InChI=1S/C36H46FN5O6/c1-24-21-42(25(2)23-43)34(44)31-20-30(39-35(45)38-29-15-13-27(37)14-16-29)17-18-32(31)48-26(3)10-8-9-19-47-33(24)22-41(4)36(46)40-28-11-6-5-7-12-28/h5-7,11-18,20,24-26,33,43H,8-10,19,21-23H2,1-4H3,(H,40,46)(H2,38,39,45)/t24-,25-,26+,33+/m1/s1. The SMILES string of the molecule is C[C@@H]1CN([C@H](C)CO)C(=O)c2cc(NC(=O)Nc3ccc(F)cc3)ccc2O[C@@H](C)CCCCO[C@H]1CN(C)C(=O)Nc1ccccc1. The molecule has 1 heterocycles. The predicted molar refractivity (Wildman–Crippen MR) is 184 cm³/mol. The second-order valence-electron chi connectivity index (χ2n) is 12.3. The highest BCUT2D eigenvalue weighted by Crippen LogP contribution is 2.29. The van der Waals surface area contributed by atoms with E-state index in [1.165, 1.54) is 24.3 Å². The van der Waals surface area contributed by atoms with Crippen LogP contribution < -0.4 is 20.7 Å². The van der Waals surface area contributed by atoms with Gasteiger partial charge in [-0.1, -0.05) is 25.1 Å². The van der Waals surface area contributed by atoms with Gasteiger partial charge in [0.2, 0.25) is 0 Å². The molecular weight excluding hydrogens is 617 g/mol. The third-order valence-corrected chi connectivity index (χ3v) is 8.24. The summed E-state index contributed by atoms with van der Waals surface area (Å²) >= 11 is 0. The number of nitrogens with zero attached hydrogens (tertiary/aromatic N) is 2. The van der Waals surface area contributed by atoms with Crippen LogP contribution in [0.15, 0.2) is 72.8 Å². The van der Waals surface area contributed by atoms with E-state index in [4.69, 9.17) is 9.47 Å². The first-order valence-electron chi connectivity index (χ1n) is 16.3. The first-order chi connectivity index (χ1) is 23.0. The number of hydrogen-bond acceptors (Lipinski definition) is 6. The van der Waals surface area contributed by atoms with Crippen molar-refractivity contribution in [1.29, 1.82) is 0 Å². The normalized spacial score (nSPS) is 19.6. The largest absolute Gasteiger partial charge is 0.490 e. The van der Waals surface area contributed by atoms with Gasteiger partial charge in [0.15, 0.2) is 0 Å². The van der Waals surface area contributed by atoms with E-state index in [1.54, 1.807) is 42.0 Å². The van der Waals surface area contributed by atoms with Crippen LogP contribution in [0.2, 0.25) is 0 Å². The van der Waals surface area contributed by atoms with E-state index >= 15 is 0 Å². The predicted octanol–water partition coefficient (Wildman–Crippen LogP) is 6.43. The monoisotopic (exact) mass is 663 g/mol. The maximum Gasteiger partial charge on any atom is 0.323 e. The van der Waals surface area contributed by atoms with Gasteiger partial charge in [0, 0.05) is 49.7 Å². The number of anilines is 3. The first-order valence-corrected chi connectivity index (χ1v) is 16.3. The van der Waals surface area contributed by atoms with Crippen LogP contribution in [0.4, 0.5) is 31.0 Å². The summed E-state index contributed by atoms with van der Waals surface area (Å²) in [7, 11) is 1.70. The Morgan fingerprint density at radius 2 is 1.65 bits per heavy atom. The Bertz CT molecular complexity index is 1510. The topological polar surface area (TPSA) is 132 Å². The molecule has 4 rings (SSSR count). The number of likely N-dealkylation sites (N-methyl/N-ethyl adjacent to an activating group) is 1. The van der Waals surface area contributed by atoms with Crippen LogP contribution in [0.3, 0.4) is 0 Å². The minimum atomic E-state index is -0.571. The number of rotatable bonds is 7. The minimum absolute atomic E-state index is 0.216. The maximum atomic E-state index is 14.3. The van der Waals surface area contributed by atoms with E-state index in [1.807, 2.05) is 44.2 Å². The molecule has 4 atom stereocenters. The lowest BCUT2D eigenvalue weighted by Crippen LogP contribution is -2.48. The van der Waals surface area contributed by atoms with Crippen molar-refractivity contribution in [2.75, 3.05) is 49.3 Å². The summed E-state index contributed by atoms with van der Waals surface area (Å²) in [4.78, 5) is 43.2. The highest BCUT2D eigenvalue weighted by Gasteiger charge is 2.31. The molecule has 3 aromatic carbocycles. The van der Waals surface area contributed by atoms with Crippen molar-refractivity contribution in [3.63, 3.8) is 0 Å². The summed E-state index contributed by atoms with van der Waals surface area (Å²) in [6.07, 6.45) is 1.70. The molecule has 5 amide bonds. The van der Waals surface area contributed by atoms with Crippen molar-refractivity contribution in [2.45, 2.75) is 58.3 Å². The van der Waals surface area contributed by atoms with Gasteiger partial charge in [-0.25, -0.2) is 14.0 Å². The van der Waals surface area contributed by atoms with E-state index in [9.17, 15) is 23.9 Å². The molecule has 0 unspecified atom stereocenters. The van der Waals surface area contributed by atoms with Gasteiger partial charge in [-0.3, -0.25) is 4.79 Å². The van der Waals surface area contributed by atoms with Crippen molar-refractivity contribution in [3.05, 3.63) is 84.2 Å². The number of aliphatic hydroxyl groups excluding tert-OH is 1. The molecule has 1 aliphatic heterocycles. The van der Waals surface area contributed by atoms with Crippen LogP contribution in [0.1, 0.15) is 50.4 Å². The lowest BCUT2D eigenvalue weighted by Gasteiger charge is -2.35. The molecule has 0 fully saturated rings. The van der Waals surface area contributed by atoms with Crippen LogP contribution >= 0.6 is 0 Å². The number of amides is 5. The Hall–Kier alpha value is -4.68. The van der Waals surface area contributed by atoms with Crippen LogP contribution in [0.25, 0.3) is 0 Å². The number of ether oxygens (including phenoxy) is 2. The Morgan fingerprint density at radius 3 is 2.35 bits per heavy atom. The fourth-order valence-corrected chi connectivity index (χ4v) is 5.38. The Morgan fingerprint density at radius 1 is 0.979 bits per heavy atom. The molecule has 0 radical (unpaired) electrons. The Labute approximate surface area is 281 Å². The summed E-state index contributed by atoms with van der Waals surface area (Å²) in [5.74, 6) is -0.681. The minimum Gasteiger partial charge on any atom is -0.490 e. The number of benzene rings is 3. The van der Waals surface area contributed by atoms with E-state index in [0.717, 1.165) is 12.8 Å². The lowest BCUT2D eigenvalue weighted by molar-refractivity contribution is -0.0115. The number of carbonyl (C=O) groups excluding carboxylic acids is 3. The smallest absolute Gasteiger partial charge is 0.323 e. The number of carbonyl (C=O) groups is 3. The van der Waals surface area contributed by atoms with Crippen molar-refractivity contribution in [1.82, 2.24) is 9.80 Å². The molecule has 0 spiro atoms. The molecule has 11 nitrogen and oxygen atoms in total. The highest BCUT2D eigenvalue weighted by molar-refractivity contribution is 6.02. The van der Waals surface area contributed by atoms with Gasteiger partial charge in [-0.05, 0) is 87.7 Å². The summed E-state index contributed by atoms with van der Waals surface area (Å²) in [5.41, 5.74) is 1.65. The Balaban J connectivity index is 1.57. The summed E-state index contributed by atoms with van der Waals surface area (Å²) in [6.45, 7) is 6.34. The van der Waals surface area contributed by atoms with E-state index in [2.05, 4.69) is 16.0 Å². The van der Waals surface area contributed by atoms with Crippen molar-refractivity contribution >= 4 is 35.0 Å². The number of para-hydroxylation sites is 1. The summed E-state index contributed by atoms with van der Waals surface area (Å²) in [6, 6.07) is 18.0. The lowest BCUT2D eigenvalue weighted by atomic mass is 10.0. The van der Waals surface area contributed by atoms with E-state index < -0.39 is 24.0 Å². The van der Waals surface area contributed by atoms with Crippen LogP contribution in [-0.2, 0) is 4.74 Å². The molecule has 3 aromatic rings. The van der Waals surface area contributed by atoms with E-state index in [0.29, 0.717) is 35.8 Å². The van der Waals surface area contributed by atoms with Crippen molar-refractivity contribution < 1.29 is 33.4 Å². The molecule has 0 aromatic heterocycles. The summed E-state index contributed by atoms with van der Waals surface area (Å²) in [5, 5.41) is 18.5. The second kappa shape index (κ2) is 17.5. The quantitative estimate of drug-likeness (QED) is 0.230. The third-order valence-electron chi connectivity index (χ3n) is 8.24. The number of halogens is 1. The average Bonchev–Trinajstić information content (AvgIpc) is 3.07. The number of urea groups is 2. The fraction of sp³-hybridized carbons (Fsp3) is 0.417. The van der Waals surface area contributed by atoms with Gasteiger partial charge in [-0.2, -0.15) is 0 Å². The molecule has 0 saturated heterocycles. The highest BCUT2D eigenvalue weighted by atomic mass is 19.1. The van der Waals surface area contributed by atoms with Gasteiger partial charge in [-0.15, -0.1) is 0 Å². The zero-order valence-corrected chi connectivity index (χ0v) is 27.9. The maximum absolute atomic E-state index is 14.3. The fourth-order valence-electron chi connectivity index (χ4n) is 5.38. The second-order valence-corrected chi connectivity index (χ2v) is 12.3. The van der Waals surface area contributed by atoms with Crippen LogP contribution in [-0.4, -0.2) is 84.5 Å². The number of hydrogen-bond donors (Lipinski definition) is 4. The molecule has 48 heavy (non-hydrogen) atoms. The molecule has 4 N–H and O–H groups in total. The van der Waals surface area contributed by atoms with Crippen LogP contribution in [0, 0.1) is 11.7 Å². The zero-order valence-electron chi connectivity index (χ0n) is 27.9. The molecule has 0 saturated carbocycles. The van der Waals surface area contributed by atoms with Crippen molar-refractivity contribution in [2.24, 2.45) is 5.92 Å². The van der Waals surface area contributed by atoms with Crippen molar-refractivity contribution in [3.8, 4) is 5.75 Å². The molecule has 0 aliphatic carbocycles. The third kappa shape index (κ3) is 10.4. The molecular formula is C36H46FN5O6. The van der Waals surface area contributed by atoms with Gasteiger partial charge in [0.25, 0.3) is 5.91 Å².